The Morgan fingerprint density at radius 3 is 2.60 bits per heavy atom. The van der Waals surface area contributed by atoms with Gasteiger partial charge in [-0.25, -0.2) is 4.79 Å². The number of nitrogens with zero attached hydrogens (tertiary/aromatic N) is 1. The molecule has 1 aromatic heterocycles. The van der Waals surface area contributed by atoms with Gasteiger partial charge in [0.2, 0.25) is 0 Å². The van der Waals surface area contributed by atoms with Gasteiger partial charge in [-0.3, -0.25) is 0 Å². The Morgan fingerprint density at radius 2 is 2.20 bits per heavy atom. The highest BCUT2D eigenvalue weighted by atomic mass is 16.4. The first-order valence-corrected chi connectivity index (χ1v) is 4.97. The van der Waals surface area contributed by atoms with E-state index >= 15 is 0 Å². The van der Waals surface area contributed by atoms with Crippen LogP contribution >= 0.6 is 0 Å². The van der Waals surface area contributed by atoms with Gasteiger partial charge in [-0.1, -0.05) is 13.8 Å². The summed E-state index contributed by atoms with van der Waals surface area (Å²) >= 11 is 0. The molecule has 2 N–H and O–H groups in total. The third-order valence-electron chi connectivity index (χ3n) is 2.69. The molecule has 0 fully saturated rings. The molecule has 84 valence electrons. The van der Waals surface area contributed by atoms with Crippen LogP contribution in [0, 0.1) is 0 Å². The number of rotatable bonds is 5. The first-order chi connectivity index (χ1) is 7.00. The van der Waals surface area contributed by atoms with E-state index in [-0.39, 0.29) is 17.2 Å². The van der Waals surface area contributed by atoms with E-state index in [0.717, 1.165) is 19.1 Å². The Bertz CT molecular complexity index is 342. The molecule has 0 saturated heterocycles. The minimum Gasteiger partial charge on any atom is -0.476 e. The maximum atomic E-state index is 10.6. The molecule has 5 heteroatoms. The first kappa shape index (κ1) is 11.6. The smallest absolute Gasteiger partial charge is 0.357 e. The molecule has 0 amide bonds. The van der Waals surface area contributed by atoms with Crippen molar-refractivity contribution in [3.63, 3.8) is 0 Å². The van der Waals surface area contributed by atoms with Crippen LogP contribution < -0.4 is 5.32 Å². The lowest BCUT2D eigenvalue weighted by molar-refractivity contribution is 0.0690. The van der Waals surface area contributed by atoms with Crippen molar-refractivity contribution in [2.75, 3.05) is 5.32 Å². The SMILES string of the molecule is CCC(C)(CC)Nc1nc(C(=O)O)co1. The molecular formula is C10H16N2O3. The van der Waals surface area contributed by atoms with E-state index in [0.29, 0.717) is 0 Å². The van der Waals surface area contributed by atoms with Crippen molar-refractivity contribution in [2.45, 2.75) is 39.2 Å². The van der Waals surface area contributed by atoms with Crippen LogP contribution in [-0.2, 0) is 0 Å². The van der Waals surface area contributed by atoms with Crippen LogP contribution in [-0.4, -0.2) is 21.6 Å². The molecule has 0 saturated carbocycles. The molecule has 0 radical (unpaired) electrons. The number of aromatic carboxylic acids is 1. The number of hydrogen-bond acceptors (Lipinski definition) is 4. The molecule has 1 rings (SSSR count). The lowest BCUT2D eigenvalue weighted by Crippen LogP contribution is -2.33. The van der Waals surface area contributed by atoms with Gasteiger partial charge >= 0.3 is 5.97 Å². The first-order valence-electron chi connectivity index (χ1n) is 4.97. The predicted octanol–water partition coefficient (Wildman–Crippen LogP) is 2.36. The lowest BCUT2D eigenvalue weighted by Gasteiger charge is -2.26. The van der Waals surface area contributed by atoms with Gasteiger partial charge in [-0.2, -0.15) is 4.98 Å². The lowest BCUT2D eigenvalue weighted by atomic mass is 9.96. The number of aromatic nitrogens is 1. The summed E-state index contributed by atoms with van der Waals surface area (Å²) in [5, 5.41) is 11.7. The van der Waals surface area contributed by atoms with Crippen LogP contribution in [0.3, 0.4) is 0 Å². The highest BCUT2D eigenvalue weighted by molar-refractivity contribution is 5.85. The molecule has 0 atom stereocenters. The number of carboxylic acid groups (broad SMARTS) is 1. The largest absolute Gasteiger partial charge is 0.476 e. The van der Waals surface area contributed by atoms with Crippen LogP contribution in [0.1, 0.15) is 44.1 Å². The number of carboxylic acids is 1. The Balaban J connectivity index is 2.76. The third-order valence-corrected chi connectivity index (χ3v) is 2.69. The second kappa shape index (κ2) is 4.33. The number of hydrogen-bond donors (Lipinski definition) is 2. The summed E-state index contributed by atoms with van der Waals surface area (Å²) in [4.78, 5) is 14.4. The van der Waals surface area contributed by atoms with E-state index in [9.17, 15) is 4.79 Å². The Kier molecular flexibility index (Phi) is 3.34. The number of nitrogens with one attached hydrogen (secondary N) is 1. The molecule has 0 aromatic carbocycles. The Hall–Kier alpha value is -1.52. The zero-order chi connectivity index (χ0) is 11.5. The average molecular weight is 212 g/mol. The normalized spacial score (nSPS) is 11.4. The fourth-order valence-electron chi connectivity index (χ4n) is 1.11. The summed E-state index contributed by atoms with van der Waals surface area (Å²) in [7, 11) is 0. The molecule has 0 bridgehead atoms. The van der Waals surface area contributed by atoms with Crippen molar-refractivity contribution in [1.29, 1.82) is 0 Å². The van der Waals surface area contributed by atoms with Gasteiger partial charge in [-0.05, 0) is 19.8 Å². The van der Waals surface area contributed by atoms with E-state index < -0.39 is 5.97 Å². The number of anilines is 1. The summed E-state index contributed by atoms with van der Waals surface area (Å²) in [6.45, 7) is 6.15. The van der Waals surface area contributed by atoms with Gasteiger partial charge in [0.05, 0.1) is 0 Å². The van der Waals surface area contributed by atoms with Gasteiger partial charge in [0.25, 0.3) is 6.01 Å². The fourth-order valence-corrected chi connectivity index (χ4v) is 1.11. The second-order valence-corrected chi connectivity index (χ2v) is 3.74. The van der Waals surface area contributed by atoms with E-state index in [1.807, 2.05) is 6.92 Å². The quantitative estimate of drug-likeness (QED) is 0.783. The Morgan fingerprint density at radius 1 is 1.60 bits per heavy atom. The molecular weight excluding hydrogens is 196 g/mol. The molecule has 0 aliphatic heterocycles. The van der Waals surface area contributed by atoms with Crippen LogP contribution in [0.5, 0.6) is 0 Å². The van der Waals surface area contributed by atoms with Crippen molar-refractivity contribution in [3.05, 3.63) is 12.0 Å². The van der Waals surface area contributed by atoms with Gasteiger partial charge in [0.1, 0.15) is 6.26 Å². The molecule has 0 aliphatic carbocycles. The van der Waals surface area contributed by atoms with Crippen LogP contribution in [0.25, 0.3) is 0 Å². The van der Waals surface area contributed by atoms with Gasteiger partial charge < -0.3 is 14.8 Å². The molecule has 1 heterocycles. The van der Waals surface area contributed by atoms with Gasteiger partial charge in [0, 0.05) is 5.54 Å². The topological polar surface area (TPSA) is 75.4 Å². The monoisotopic (exact) mass is 212 g/mol. The average Bonchev–Trinajstić information content (AvgIpc) is 2.66. The van der Waals surface area contributed by atoms with E-state index in [1.165, 1.54) is 0 Å². The van der Waals surface area contributed by atoms with Crippen molar-refractivity contribution in [3.8, 4) is 0 Å². The van der Waals surface area contributed by atoms with Crippen LogP contribution in [0.4, 0.5) is 6.01 Å². The van der Waals surface area contributed by atoms with Crippen LogP contribution in [0.15, 0.2) is 10.7 Å². The molecule has 0 unspecified atom stereocenters. The van der Waals surface area contributed by atoms with Crippen molar-refractivity contribution < 1.29 is 14.3 Å². The number of oxazole rings is 1. The van der Waals surface area contributed by atoms with E-state index in [4.69, 9.17) is 9.52 Å². The molecule has 0 spiro atoms. The van der Waals surface area contributed by atoms with E-state index in [1.54, 1.807) is 0 Å². The minimum atomic E-state index is -1.08. The predicted molar refractivity (Wildman–Crippen MR) is 56.1 cm³/mol. The minimum absolute atomic E-state index is 0.0768. The fraction of sp³-hybridized carbons (Fsp3) is 0.600. The summed E-state index contributed by atoms with van der Waals surface area (Å²) in [6.07, 6.45) is 2.96. The van der Waals surface area contributed by atoms with Gasteiger partial charge in [-0.15, -0.1) is 0 Å². The summed E-state index contributed by atoms with van der Waals surface area (Å²) < 4.78 is 5.02. The summed E-state index contributed by atoms with van der Waals surface area (Å²) in [5.41, 5.74) is -0.187. The second-order valence-electron chi connectivity index (χ2n) is 3.74. The maximum Gasteiger partial charge on any atom is 0.357 e. The van der Waals surface area contributed by atoms with Gasteiger partial charge in [0.15, 0.2) is 5.69 Å². The summed E-state index contributed by atoms with van der Waals surface area (Å²) in [6, 6.07) is 0.263. The van der Waals surface area contributed by atoms with E-state index in [2.05, 4.69) is 24.1 Å². The third kappa shape index (κ3) is 2.71. The standard InChI is InChI=1S/C10H16N2O3/c1-4-10(3,5-2)12-9-11-7(6-15-9)8(13)14/h6H,4-5H2,1-3H3,(H,11,12)(H,13,14). The summed E-state index contributed by atoms with van der Waals surface area (Å²) in [5.74, 6) is -1.08. The molecule has 15 heavy (non-hydrogen) atoms. The zero-order valence-corrected chi connectivity index (χ0v) is 9.20. The number of carbonyl (C=O) groups is 1. The zero-order valence-electron chi connectivity index (χ0n) is 9.20. The maximum absolute atomic E-state index is 10.6. The Labute approximate surface area is 88.5 Å². The van der Waals surface area contributed by atoms with Crippen molar-refractivity contribution in [2.24, 2.45) is 0 Å². The highest BCUT2D eigenvalue weighted by Gasteiger charge is 2.22. The highest BCUT2D eigenvalue weighted by Crippen LogP contribution is 2.20. The van der Waals surface area contributed by atoms with Crippen molar-refractivity contribution in [1.82, 2.24) is 4.98 Å². The van der Waals surface area contributed by atoms with Crippen LogP contribution in [0.2, 0.25) is 0 Å². The molecule has 5 nitrogen and oxygen atoms in total. The van der Waals surface area contributed by atoms with Crippen molar-refractivity contribution >= 4 is 12.0 Å². The molecule has 1 aromatic rings. The molecule has 0 aliphatic rings.